The molecule has 18 heavy (non-hydrogen) atoms. The summed E-state index contributed by atoms with van der Waals surface area (Å²) < 4.78 is 5.32. The van der Waals surface area contributed by atoms with Crippen LogP contribution in [0.1, 0.15) is 66.2 Å². The molecule has 1 N–H and O–H groups in total. The lowest BCUT2D eigenvalue weighted by molar-refractivity contribution is -0.154. The van der Waals surface area contributed by atoms with Crippen molar-refractivity contribution in [3.8, 4) is 0 Å². The van der Waals surface area contributed by atoms with Gasteiger partial charge in [0.05, 0.1) is 6.61 Å². The molecule has 0 saturated heterocycles. The molecule has 3 unspecified atom stereocenters. The van der Waals surface area contributed by atoms with Crippen LogP contribution in [-0.2, 0) is 9.53 Å². The van der Waals surface area contributed by atoms with Crippen LogP contribution in [0.15, 0.2) is 0 Å². The van der Waals surface area contributed by atoms with Gasteiger partial charge in [-0.2, -0.15) is 0 Å². The standard InChI is InChI=1S/C15H29NO2/c1-5-12(4)16-15(14(17)18-7-3)10-8-9-13(6-2)11-15/h12-13,16H,5-11H2,1-4H3. The molecular weight excluding hydrogens is 226 g/mol. The minimum atomic E-state index is -0.426. The molecule has 1 rings (SSSR count). The quantitative estimate of drug-likeness (QED) is 0.740. The number of nitrogens with one attached hydrogen (secondary N) is 1. The minimum Gasteiger partial charge on any atom is -0.465 e. The van der Waals surface area contributed by atoms with E-state index in [1.54, 1.807) is 0 Å². The predicted molar refractivity (Wildman–Crippen MR) is 74.5 cm³/mol. The maximum atomic E-state index is 12.3. The van der Waals surface area contributed by atoms with Crippen molar-refractivity contribution in [1.29, 1.82) is 0 Å². The van der Waals surface area contributed by atoms with Crippen LogP contribution in [-0.4, -0.2) is 24.2 Å². The zero-order valence-corrected chi connectivity index (χ0v) is 12.4. The van der Waals surface area contributed by atoms with E-state index in [9.17, 15) is 4.79 Å². The molecule has 3 atom stereocenters. The first-order valence-electron chi connectivity index (χ1n) is 7.52. The van der Waals surface area contributed by atoms with Crippen molar-refractivity contribution < 1.29 is 9.53 Å². The summed E-state index contributed by atoms with van der Waals surface area (Å²) in [7, 11) is 0. The third-order valence-electron chi connectivity index (χ3n) is 4.23. The summed E-state index contributed by atoms with van der Waals surface area (Å²) in [6.07, 6.45) is 6.43. The SMILES string of the molecule is CCOC(=O)C1(NC(C)CC)CCCC(CC)C1. The van der Waals surface area contributed by atoms with Gasteiger partial charge in [-0.3, -0.25) is 10.1 Å². The van der Waals surface area contributed by atoms with Crippen LogP contribution in [0, 0.1) is 5.92 Å². The second kappa shape index (κ2) is 7.13. The fraction of sp³-hybridized carbons (Fsp3) is 0.933. The van der Waals surface area contributed by atoms with Gasteiger partial charge in [0, 0.05) is 6.04 Å². The summed E-state index contributed by atoms with van der Waals surface area (Å²) in [5.41, 5.74) is -0.426. The Bertz CT molecular complexity index is 263. The van der Waals surface area contributed by atoms with E-state index in [4.69, 9.17) is 4.74 Å². The Morgan fingerprint density at radius 1 is 1.44 bits per heavy atom. The van der Waals surface area contributed by atoms with Crippen molar-refractivity contribution in [3.05, 3.63) is 0 Å². The lowest BCUT2D eigenvalue weighted by Crippen LogP contribution is -2.58. The van der Waals surface area contributed by atoms with Crippen molar-refractivity contribution >= 4 is 5.97 Å². The monoisotopic (exact) mass is 255 g/mol. The van der Waals surface area contributed by atoms with Gasteiger partial charge in [0.25, 0.3) is 0 Å². The van der Waals surface area contributed by atoms with Crippen molar-refractivity contribution in [1.82, 2.24) is 5.32 Å². The van der Waals surface area contributed by atoms with Gasteiger partial charge in [-0.15, -0.1) is 0 Å². The van der Waals surface area contributed by atoms with Gasteiger partial charge in [0.15, 0.2) is 0 Å². The molecular formula is C15H29NO2. The Morgan fingerprint density at radius 3 is 2.72 bits per heavy atom. The summed E-state index contributed by atoms with van der Waals surface area (Å²) in [5, 5.41) is 3.56. The summed E-state index contributed by atoms with van der Waals surface area (Å²) in [5.74, 6) is 0.614. The lowest BCUT2D eigenvalue weighted by Gasteiger charge is -2.41. The lowest BCUT2D eigenvalue weighted by atomic mass is 9.74. The van der Waals surface area contributed by atoms with Gasteiger partial charge in [-0.1, -0.05) is 33.1 Å². The van der Waals surface area contributed by atoms with Crippen LogP contribution >= 0.6 is 0 Å². The molecule has 0 aliphatic heterocycles. The Balaban J connectivity index is 2.82. The van der Waals surface area contributed by atoms with Gasteiger partial charge in [-0.25, -0.2) is 0 Å². The highest BCUT2D eigenvalue weighted by atomic mass is 16.5. The first kappa shape index (κ1) is 15.5. The van der Waals surface area contributed by atoms with Crippen LogP contribution < -0.4 is 5.32 Å². The van der Waals surface area contributed by atoms with E-state index < -0.39 is 5.54 Å². The van der Waals surface area contributed by atoms with E-state index in [0.29, 0.717) is 18.6 Å². The van der Waals surface area contributed by atoms with E-state index in [1.807, 2.05) is 6.92 Å². The van der Waals surface area contributed by atoms with Gasteiger partial charge in [-0.05, 0) is 39.0 Å². The first-order chi connectivity index (χ1) is 8.57. The van der Waals surface area contributed by atoms with Crippen LogP contribution in [0.25, 0.3) is 0 Å². The van der Waals surface area contributed by atoms with E-state index >= 15 is 0 Å². The van der Waals surface area contributed by atoms with Crippen LogP contribution in [0.3, 0.4) is 0 Å². The van der Waals surface area contributed by atoms with E-state index in [0.717, 1.165) is 32.1 Å². The molecule has 3 heteroatoms. The number of ether oxygens (including phenoxy) is 1. The number of carbonyl (C=O) groups excluding carboxylic acids is 1. The van der Waals surface area contributed by atoms with Gasteiger partial charge in [0.2, 0.25) is 0 Å². The first-order valence-corrected chi connectivity index (χ1v) is 7.52. The van der Waals surface area contributed by atoms with Crippen LogP contribution in [0.5, 0.6) is 0 Å². The third kappa shape index (κ3) is 3.71. The topological polar surface area (TPSA) is 38.3 Å². The van der Waals surface area contributed by atoms with Crippen LogP contribution in [0.2, 0.25) is 0 Å². The molecule has 0 bridgehead atoms. The molecule has 0 radical (unpaired) electrons. The van der Waals surface area contributed by atoms with E-state index in [2.05, 4.69) is 26.1 Å². The molecule has 0 aromatic carbocycles. The van der Waals surface area contributed by atoms with Gasteiger partial charge >= 0.3 is 5.97 Å². The highest BCUT2D eigenvalue weighted by Crippen LogP contribution is 2.35. The van der Waals surface area contributed by atoms with E-state index in [1.165, 1.54) is 6.42 Å². The number of hydrogen-bond donors (Lipinski definition) is 1. The Kier molecular flexibility index (Phi) is 6.13. The number of carbonyl (C=O) groups is 1. The highest BCUT2D eigenvalue weighted by molar-refractivity contribution is 5.81. The number of hydrogen-bond acceptors (Lipinski definition) is 3. The van der Waals surface area contributed by atoms with Gasteiger partial charge in [0.1, 0.15) is 5.54 Å². The van der Waals surface area contributed by atoms with Crippen molar-refractivity contribution in [2.75, 3.05) is 6.61 Å². The molecule has 1 saturated carbocycles. The normalized spacial score (nSPS) is 29.9. The zero-order chi connectivity index (χ0) is 13.6. The Morgan fingerprint density at radius 2 is 2.17 bits per heavy atom. The second-order valence-electron chi connectivity index (χ2n) is 5.63. The molecule has 0 heterocycles. The number of rotatable bonds is 6. The highest BCUT2D eigenvalue weighted by Gasteiger charge is 2.43. The van der Waals surface area contributed by atoms with Crippen molar-refractivity contribution in [3.63, 3.8) is 0 Å². The summed E-state index contributed by atoms with van der Waals surface area (Å²) in [6, 6.07) is 0.366. The fourth-order valence-corrected chi connectivity index (χ4v) is 2.96. The molecule has 0 aromatic rings. The van der Waals surface area contributed by atoms with Gasteiger partial charge < -0.3 is 4.74 Å². The van der Waals surface area contributed by atoms with Crippen molar-refractivity contribution in [2.45, 2.75) is 77.8 Å². The van der Waals surface area contributed by atoms with Crippen molar-refractivity contribution in [2.24, 2.45) is 5.92 Å². The summed E-state index contributed by atoms with van der Waals surface area (Å²) in [4.78, 5) is 12.3. The summed E-state index contributed by atoms with van der Waals surface area (Å²) in [6.45, 7) is 8.87. The molecule has 0 spiro atoms. The molecule has 1 fully saturated rings. The molecule has 0 amide bonds. The molecule has 0 aromatic heterocycles. The molecule has 106 valence electrons. The third-order valence-corrected chi connectivity index (χ3v) is 4.23. The fourth-order valence-electron chi connectivity index (χ4n) is 2.96. The smallest absolute Gasteiger partial charge is 0.326 e. The molecule has 1 aliphatic rings. The molecule has 3 nitrogen and oxygen atoms in total. The zero-order valence-electron chi connectivity index (χ0n) is 12.4. The second-order valence-corrected chi connectivity index (χ2v) is 5.63. The predicted octanol–water partition coefficient (Wildman–Crippen LogP) is 3.28. The average Bonchev–Trinajstić information content (AvgIpc) is 2.39. The average molecular weight is 255 g/mol. The maximum Gasteiger partial charge on any atom is 0.326 e. The summed E-state index contributed by atoms with van der Waals surface area (Å²) >= 11 is 0. The largest absolute Gasteiger partial charge is 0.465 e. The van der Waals surface area contributed by atoms with Crippen LogP contribution in [0.4, 0.5) is 0 Å². The Hall–Kier alpha value is -0.570. The Labute approximate surface area is 112 Å². The number of esters is 1. The molecule has 1 aliphatic carbocycles. The van der Waals surface area contributed by atoms with E-state index in [-0.39, 0.29) is 5.97 Å². The minimum absolute atomic E-state index is 0.0385. The maximum absolute atomic E-state index is 12.3.